The molecular formula is C18H16O5. The van der Waals surface area contributed by atoms with Gasteiger partial charge >= 0.3 is 5.97 Å². The van der Waals surface area contributed by atoms with Crippen LogP contribution < -0.4 is 0 Å². The quantitative estimate of drug-likeness (QED) is 0.532. The van der Waals surface area contributed by atoms with Crippen LogP contribution in [0.3, 0.4) is 0 Å². The van der Waals surface area contributed by atoms with Crippen LogP contribution in [0.25, 0.3) is 10.8 Å². The molecule has 0 amide bonds. The maximum absolute atomic E-state index is 12.8. The molecule has 0 saturated heterocycles. The van der Waals surface area contributed by atoms with Crippen molar-refractivity contribution in [3.05, 3.63) is 48.0 Å². The molecule has 2 atom stereocenters. The zero-order chi connectivity index (χ0) is 16.6. The summed E-state index contributed by atoms with van der Waals surface area (Å²) in [5.74, 6) is -3.26. The van der Waals surface area contributed by atoms with Crippen LogP contribution >= 0.6 is 0 Å². The van der Waals surface area contributed by atoms with Crippen molar-refractivity contribution in [3.8, 4) is 0 Å². The van der Waals surface area contributed by atoms with Crippen LogP contribution in [0.15, 0.2) is 42.5 Å². The van der Waals surface area contributed by atoms with Crippen molar-refractivity contribution in [1.29, 1.82) is 0 Å². The van der Waals surface area contributed by atoms with Crippen molar-refractivity contribution >= 4 is 28.3 Å². The lowest BCUT2D eigenvalue weighted by Crippen LogP contribution is -2.51. The zero-order valence-electron chi connectivity index (χ0n) is 12.6. The molecule has 1 N–H and O–H groups in total. The minimum absolute atomic E-state index is 0.0183. The van der Waals surface area contributed by atoms with Crippen molar-refractivity contribution in [2.24, 2.45) is 5.92 Å². The summed E-state index contributed by atoms with van der Waals surface area (Å²) >= 11 is 0. The van der Waals surface area contributed by atoms with E-state index in [1.807, 2.05) is 24.3 Å². The largest absolute Gasteiger partial charge is 0.467 e. The average molecular weight is 312 g/mol. The van der Waals surface area contributed by atoms with E-state index in [9.17, 15) is 19.5 Å². The molecule has 1 aliphatic rings. The number of benzene rings is 2. The maximum atomic E-state index is 12.8. The lowest BCUT2D eigenvalue weighted by molar-refractivity contribution is -0.168. The molecule has 0 aliphatic heterocycles. The van der Waals surface area contributed by atoms with E-state index >= 15 is 0 Å². The highest BCUT2D eigenvalue weighted by atomic mass is 16.5. The third-order valence-electron chi connectivity index (χ3n) is 4.44. The molecule has 5 nitrogen and oxygen atoms in total. The number of fused-ring (bicyclic) bond motifs is 1. The summed E-state index contributed by atoms with van der Waals surface area (Å²) in [6, 6.07) is 12.7. The van der Waals surface area contributed by atoms with E-state index in [0.717, 1.165) is 17.9 Å². The molecule has 2 aromatic rings. The molecule has 3 rings (SSSR count). The first-order valence-corrected chi connectivity index (χ1v) is 7.35. The van der Waals surface area contributed by atoms with Gasteiger partial charge in [-0.05, 0) is 23.3 Å². The van der Waals surface area contributed by atoms with Gasteiger partial charge in [0, 0.05) is 12.0 Å². The number of rotatable bonds is 3. The van der Waals surface area contributed by atoms with Gasteiger partial charge in [-0.3, -0.25) is 9.59 Å². The van der Waals surface area contributed by atoms with Gasteiger partial charge < -0.3 is 9.84 Å². The molecule has 0 unspecified atom stereocenters. The first kappa shape index (κ1) is 15.4. The molecule has 118 valence electrons. The number of carbonyl (C=O) groups excluding carboxylic acids is 3. The summed E-state index contributed by atoms with van der Waals surface area (Å²) in [5, 5.41) is 12.3. The van der Waals surface area contributed by atoms with Gasteiger partial charge in [-0.1, -0.05) is 36.4 Å². The minimum atomic E-state index is -2.38. The van der Waals surface area contributed by atoms with Crippen LogP contribution in [0.5, 0.6) is 0 Å². The molecule has 0 spiro atoms. The fourth-order valence-electron chi connectivity index (χ4n) is 3.15. The van der Waals surface area contributed by atoms with Gasteiger partial charge in [-0.2, -0.15) is 0 Å². The summed E-state index contributed by atoms with van der Waals surface area (Å²) in [6.45, 7) is 0. The summed E-state index contributed by atoms with van der Waals surface area (Å²) in [5.41, 5.74) is -2.01. The first-order valence-electron chi connectivity index (χ1n) is 7.35. The van der Waals surface area contributed by atoms with E-state index < -0.39 is 29.1 Å². The van der Waals surface area contributed by atoms with Gasteiger partial charge in [0.25, 0.3) is 0 Å². The number of hydrogen-bond donors (Lipinski definition) is 1. The monoisotopic (exact) mass is 312 g/mol. The smallest absolute Gasteiger partial charge is 0.346 e. The topological polar surface area (TPSA) is 80.7 Å². The van der Waals surface area contributed by atoms with Crippen molar-refractivity contribution < 1.29 is 24.2 Å². The molecule has 2 aromatic carbocycles. The van der Waals surface area contributed by atoms with E-state index in [-0.39, 0.29) is 12.8 Å². The molecule has 0 heterocycles. The minimum Gasteiger partial charge on any atom is -0.467 e. The second kappa shape index (κ2) is 5.59. The lowest BCUT2D eigenvalue weighted by Gasteiger charge is -2.24. The van der Waals surface area contributed by atoms with Gasteiger partial charge in [0.05, 0.1) is 13.0 Å². The van der Waals surface area contributed by atoms with E-state index in [2.05, 4.69) is 4.74 Å². The predicted octanol–water partition coefficient (Wildman–Crippen LogP) is 1.91. The van der Waals surface area contributed by atoms with Crippen LogP contribution in [0.1, 0.15) is 23.2 Å². The van der Waals surface area contributed by atoms with Gasteiger partial charge in [0.1, 0.15) is 0 Å². The van der Waals surface area contributed by atoms with Gasteiger partial charge in [-0.15, -0.1) is 0 Å². The molecular weight excluding hydrogens is 296 g/mol. The second-order valence-corrected chi connectivity index (χ2v) is 5.70. The number of carbonyl (C=O) groups is 3. The Bertz CT molecular complexity index is 810. The van der Waals surface area contributed by atoms with Crippen LogP contribution in [0, 0.1) is 5.92 Å². The van der Waals surface area contributed by atoms with Crippen molar-refractivity contribution in [1.82, 2.24) is 0 Å². The summed E-state index contributed by atoms with van der Waals surface area (Å²) < 4.78 is 4.53. The van der Waals surface area contributed by atoms with Gasteiger partial charge in [-0.25, -0.2) is 4.79 Å². The standard InChI is InChI=1S/C18H16O5/c1-23-17(21)18(22)14(8-9-15(18)19)16(20)13-7-6-11-4-2-3-5-12(11)10-13/h2-7,10,14,22H,8-9H2,1H3/t14-,18+/m1/s1. The van der Waals surface area contributed by atoms with Crippen LogP contribution in [-0.4, -0.2) is 35.4 Å². The predicted molar refractivity (Wildman–Crippen MR) is 83.0 cm³/mol. The van der Waals surface area contributed by atoms with E-state index in [1.165, 1.54) is 0 Å². The van der Waals surface area contributed by atoms with Gasteiger partial charge in [0.15, 0.2) is 11.6 Å². The molecule has 1 saturated carbocycles. The SMILES string of the molecule is COC(=O)[C@@]1(O)C(=O)CC[C@@H]1C(=O)c1ccc2ccccc2c1. The first-order chi connectivity index (χ1) is 11.0. The van der Waals surface area contributed by atoms with Crippen molar-refractivity contribution in [2.75, 3.05) is 7.11 Å². The normalized spacial score (nSPS) is 23.9. The summed E-state index contributed by atoms with van der Waals surface area (Å²) in [7, 11) is 1.09. The third kappa shape index (κ3) is 2.33. The van der Waals surface area contributed by atoms with Crippen molar-refractivity contribution in [3.63, 3.8) is 0 Å². The average Bonchev–Trinajstić information content (AvgIpc) is 2.89. The Morgan fingerprint density at radius 3 is 2.57 bits per heavy atom. The number of hydrogen-bond acceptors (Lipinski definition) is 5. The third-order valence-corrected chi connectivity index (χ3v) is 4.44. The molecule has 0 bridgehead atoms. The number of Topliss-reactive ketones (excluding diaryl/α,β-unsaturated/α-hetero) is 2. The molecule has 1 aliphatic carbocycles. The highest BCUT2D eigenvalue weighted by molar-refractivity contribution is 6.16. The highest BCUT2D eigenvalue weighted by Gasteiger charge is 2.58. The fourth-order valence-corrected chi connectivity index (χ4v) is 3.15. The Morgan fingerprint density at radius 1 is 1.17 bits per heavy atom. The number of methoxy groups -OCH3 is 1. The number of esters is 1. The van der Waals surface area contributed by atoms with E-state index in [4.69, 9.17) is 0 Å². The molecule has 5 heteroatoms. The lowest BCUT2D eigenvalue weighted by atomic mass is 9.83. The Labute approximate surface area is 132 Å². The Kier molecular flexibility index (Phi) is 3.74. The summed E-state index contributed by atoms with van der Waals surface area (Å²) in [4.78, 5) is 36.6. The van der Waals surface area contributed by atoms with Crippen LogP contribution in [0.4, 0.5) is 0 Å². The Morgan fingerprint density at radius 2 is 1.87 bits per heavy atom. The Hall–Kier alpha value is -2.53. The number of ketones is 2. The number of ether oxygens (including phenoxy) is 1. The maximum Gasteiger partial charge on any atom is 0.346 e. The van der Waals surface area contributed by atoms with Crippen molar-refractivity contribution in [2.45, 2.75) is 18.4 Å². The fraction of sp³-hybridized carbons (Fsp3) is 0.278. The molecule has 0 aromatic heterocycles. The zero-order valence-corrected chi connectivity index (χ0v) is 12.6. The van der Waals surface area contributed by atoms with E-state index in [0.29, 0.717) is 5.56 Å². The Balaban J connectivity index is 2.00. The van der Waals surface area contributed by atoms with Crippen LogP contribution in [-0.2, 0) is 14.3 Å². The van der Waals surface area contributed by atoms with E-state index in [1.54, 1.807) is 18.2 Å². The molecule has 1 fully saturated rings. The summed E-state index contributed by atoms with van der Waals surface area (Å²) in [6.07, 6.45) is 0.117. The number of aliphatic hydroxyl groups is 1. The molecule has 23 heavy (non-hydrogen) atoms. The second-order valence-electron chi connectivity index (χ2n) is 5.70. The molecule has 0 radical (unpaired) electrons. The van der Waals surface area contributed by atoms with Gasteiger partial charge in [0.2, 0.25) is 5.60 Å². The van der Waals surface area contributed by atoms with Crippen LogP contribution in [0.2, 0.25) is 0 Å². The highest BCUT2D eigenvalue weighted by Crippen LogP contribution is 2.36.